The molecule has 2 aromatic carbocycles. The van der Waals surface area contributed by atoms with Gasteiger partial charge in [-0.25, -0.2) is 0 Å². The van der Waals surface area contributed by atoms with Crippen LogP contribution in [0.5, 0.6) is 11.5 Å². The van der Waals surface area contributed by atoms with Crippen LogP contribution in [0.1, 0.15) is 36.7 Å². The summed E-state index contributed by atoms with van der Waals surface area (Å²) in [5, 5.41) is 2.81. The van der Waals surface area contributed by atoms with Gasteiger partial charge in [-0.05, 0) is 43.2 Å². The Kier molecular flexibility index (Phi) is 6.54. The normalized spacial score (nSPS) is 14.6. The number of nitrogens with one attached hydrogen (secondary N) is 1. The number of carbonyl (C=O) groups excluding carboxylic acids is 1. The Morgan fingerprint density at radius 3 is 2.35 bits per heavy atom. The Bertz CT molecular complexity index is 1100. The summed E-state index contributed by atoms with van der Waals surface area (Å²) in [6.45, 7) is 6.54. The highest BCUT2D eigenvalue weighted by molar-refractivity contribution is 7.90. The lowest BCUT2D eigenvalue weighted by molar-refractivity contribution is 0.0950. The number of carbonyl (C=O) groups is 1. The van der Waals surface area contributed by atoms with E-state index in [1.807, 2.05) is 18.7 Å². The van der Waals surface area contributed by atoms with Gasteiger partial charge in [0.15, 0.2) is 0 Å². The van der Waals surface area contributed by atoms with Gasteiger partial charge in [-0.3, -0.25) is 4.79 Å². The van der Waals surface area contributed by atoms with Crippen molar-refractivity contribution in [2.75, 3.05) is 25.7 Å². The molecule has 166 valence electrons. The van der Waals surface area contributed by atoms with E-state index in [-0.39, 0.29) is 17.0 Å². The first-order valence-corrected chi connectivity index (χ1v) is 11.3. The molecule has 8 nitrogen and oxygen atoms in total. The van der Waals surface area contributed by atoms with Gasteiger partial charge in [0.1, 0.15) is 22.2 Å². The van der Waals surface area contributed by atoms with E-state index in [1.54, 1.807) is 51.5 Å². The standard InChI is InChI=1S/C22H27N3O5S/c1-14(2)13-25-15(3)24-31(27,28)21-11-16(9-10-18(21)25)22(26)23-12-17-19(29-4)7-6-8-20(17)30-5/h6-11,14H,12-13H2,1-5H3,(H,23,26). The predicted molar refractivity (Wildman–Crippen MR) is 120 cm³/mol. The second-order valence-electron chi connectivity index (χ2n) is 7.62. The summed E-state index contributed by atoms with van der Waals surface area (Å²) in [6, 6.07) is 10.0. The fourth-order valence-corrected chi connectivity index (χ4v) is 4.76. The fraction of sp³-hybridized carbons (Fsp3) is 0.364. The number of anilines is 1. The summed E-state index contributed by atoms with van der Waals surface area (Å²) < 4.78 is 39.9. The zero-order valence-corrected chi connectivity index (χ0v) is 19.1. The van der Waals surface area contributed by atoms with E-state index in [0.717, 1.165) is 0 Å². The Labute approximate surface area is 182 Å². The van der Waals surface area contributed by atoms with E-state index in [1.165, 1.54) is 6.07 Å². The number of hydrogen-bond donors (Lipinski definition) is 1. The lowest BCUT2D eigenvalue weighted by atomic mass is 10.1. The summed E-state index contributed by atoms with van der Waals surface area (Å²) >= 11 is 0. The van der Waals surface area contributed by atoms with Crippen LogP contribution in [0.15, 0.2) is 45.7 Å². The van der Waals surface area contributed by atoms with Gasteiger partial charge >= 0.3 is 0 Å². The highest BCUT2D eigenvalue weighted by atomic mass is 32.2. The van der Waals surface area contributed by atoms with Crippen LogP contribution in [0.25, 0.3) is 0 Å². The number of ether oxygens (including phenoxy) is 2. The summed E-state index contributed by atoms with van der Waals surface area (Å²) in [5.74, 6) is 1.48. The molecule has 0 atom stereocenters. The van der Waals surface area contributed by atoms with Gasteiger partial charge in [-0.1, -0.05) is 19.9 Å². The summed E-state index contributed by atoms with van der Waals surface area (Å²) in [5.41, 5.74) is 1.45. The second-order valence-corrected chi connectivity index (χ2v) is 9.20. The van der Waals surface area contributed by atoms with Crippen LogP contribution in [0.4, 0.5) is 5.69 Å². The van der Waals surface area contributed by atoms with E-state index >= 15 is 0 Å². The minimum absolute atomic E-state index is 0.0290. The van der Waals surface area contributed by atoms with Gasteiger partial charge in [-0.15, -0.1) is 4.40 Å². The first-order valence-electron chi connectivity index (χ1n) is 9.89. The van der Waals surface area contributed by atoms with Crippen LogP contribution >= 0.6 is 0 Å². The number of nitrogens with zero attached hydrogens (tertiary/aromatic N) is 2. The van der Waals surface area contributed by atoms with Crippen LogP contribution in [0.3, 0.4) is 0 Å². The fourth-order valence-electron chi connectivity index (χ4n) is 3.50. The van der Waals surface area contributed by atoms with E-state index in [9.17, 15) is 13.2 Å². The zero-order valence-electron chi connectivity index (χ0n) is 18.3. The zero-order chi connectivity index (χ0) is 22.8. The van der Waals surface area contributed by atoms with E-state index in [2.05, 4.69) is 9.71 Å². The average molecular weight is 446 g/mol. The third kappa shape index (κ3) is 4.66. The molecule has 2 aromatic rings. The molecule has 0 bridgehead atoms. The molecule has 0 spiro atoms. The quantitative estimate of drug-likeness (QED) is 0.703. The molecule has 0 saturated carbocycles. The Hall–Kier alpha value is -3.07. The molecule has 1 aliphatic rings. The van der Waals surface area contributed by atoms with Crippen LogP contribution in [0.2, 0.25) is 0 Å². The molecule has 1 aliphatic heterocycles. The molecule has 1 N–H and O–H groups in total. The van der Waals surface area contributed by atoms with Gasteiger partial charge in [0.25, 0.3) is 15.9 Å². The van der Waals surface area contributed by atoms with Crippen LogP contribution in [-0.4, -0.2) is 40.9 Å². The number of benzene rings is 2. The largest absolute Gasteiger partial charge is 0.496 e. The molecule has 0 unspecified atom stereocenters. The Balaban J connectivity index is 1.89. The summed E-state index contributed by atoms with van der Waals surface area (Å²) in [4.78, 5) is 14.7. The van der Waals surface area contributed by atoms with Gasteiger partial charge in [-0.2, -0.15) is 8.42 Å². The highest BCUT2D eigenvalue weighted by Crippen LogP contribution is 2.33. The molecule has 0 saturated heterocycles. The van der Waals surface area contributed by atoms with Crippen molar-refractivity contribution >= 4 is 27.5 Å². The second kappa shape index (κ2) is 8.97. The van der Waals surface area contributed by atoms with E-state index in [0.29, 0.717) is 41.0 Å². The summed E-state index contributed by atoms with van der Waals surface area (Å²) in [6.07, 6.45) is 0. The maximum atomic E-state index is 12.8. The third-order valence-corrected chi connectivity index (χ3v) is 6.32. The first-order chi connectivity index (χ1) is 14.7. The molecule has 0 fully saturated rings. The Morgan fingerprint density at radius 1 is 1.13 bits per heavy atom. The lowest BCUT2D eigenvalue weighted by Crippen LogP contribution is -2.36. The van der Waals surface area contributed by atoms with Crippen molar-refractivity contribution in [3.63, 3.8) is 0 Å². The first kappa shape index (κ1) is 22.6. The van der Waals surface area contributed by atoms with Crippen molar-refractivity contribution < 1.29 is 22.7 Å². The van der Waals surface area contributed by atoms with Gasteiger partial charge in [0.05, 0.1) is 32.0 Å². The minimum Gasteiger partial charge on any atom is -0.496 e. The smallest absolute Gasteiger partial charge is 0.286 e. The van der Waals surface area contributed by atoms with Crippen molar-refractivity contribution in [1.29, 1.82) is 0 Å². The van der Waals surface area contributed by atoms with Crippen LogP contribution < -0.4 is 19.7 Å². The maximum Gasteiger partial charge on any atom is 0.286 e. The van der Waals surface area contributed by atoms with Crippen molar-refractivity contribution in [2.45, 2.75) is 32.2 Å². The number of sulfonamides is 1. The van der Waals surface area contributed by atoms with E-state index < -0.39 is 15.9 Å². The van der Waals surface area contributed by atoms with Gasteiger partial charge in [0, 0.05) is 12.1 Å². The van der Waals surface area contributed by atoms with Crippen LogP contribution in [0, 0.1) is 5.92 Å². The van der Waals surface area contributed by atoms with Crippen molar-refractivity contribution in [2.24, 2.45) is 10.3 Å². The molecule has 1 heterocycles. The van der Waals surface area contributed by atoms with Crippen molar-refractivity contribution in [1.82, 2.24) is 5.32 Å². The van der Waals surface area contributed by atoms with E-state index in [4.69, 9.17) is 9.47 Å². The number of amidine groups is 1. The topological polar surface area (TPSA) is 97.3 Å². The third-order valence-electron chi connectivity index (χ3n) is 4.94. The molecular weight excluding hydrogens is 418 g/mol. The van der Waals surface area contributed by atoms with Gasteiger partial charge in [0.2, 0.25) is 0 Å². The Morgan fingerprint density at radius 2 is 1.77 bits per heavy atom. The number of amides is 1. The molecule has 0 radical (unpaired) electrons. The molecule has 9 heteroatoms. The number of methoxy groups -OCH3 is 2. The van der Waals surface area contributed by atoms with Crippen molar-refractivity contribution in [3.8, 4) is 11.5 Å². The minimum atomic E-state index is -3.88. The monoisotopic (exact) mass is 445 g/mol. The van der Waals surface area contributed by atoms with Crippen LogP contribution in [-0.2, 0) is 16.6 Å². The highest BCUT2D eigenvalue weighted by Gasteiger charge is 2.30. The number of hydrogen-bond acceptors (Lipinski definition) is 6. The molecule has 3 rings (SSSR count). The lowest BCUT2D eigenvalue weighted by Gasteiger charge is -2.30. The number of fused-ring (bicyclic) bond motifs is 1. The molecular formula is C22H27N3O5S. The van der Waals surface area contributed by atoms with Crippen molar-refractivity contribution in [3.05, 3.63) is 47.5 Å². The maximum absolute atomic E-state index is 12.8. The van der Waals surface area contributed by atoms with Gasteiger partial charge < -0.3 is 19.7 Å². The molecule has 31 heavy (non-hydrogen) atoms. The number of rotatable bonds is 7. The molecule has 0 aliphatic carbocycles. The molecule has 0 aromatic heterocycles. The summed E-state index contributed by atoms with van der Waals surface area (Å²) in [7, 11) is -0.795. The molecule has 1 amide bonds. The average Bonchev–Trinajstić information content (AvgIpc) is 2.73. The SMILES string of the molecule is COc1cccc(OC)c1CNC(=O)c1ccc2c(c1)S(=O)(=O)N=C(C)N2CC(C)C. The predicted octanol–water partition coefficient (Wildman–Crippen LogP) is 3.22.